The van der Waals surface area contributed by atoms with Gasteiger partial charge in [0.1, 0.15) is 12.4 Å². The van der Waals surface area contributed by atoms with Gasteiger partial charge in [-0.3, -0.25) is 0 Å². The van der Waals surface area contributed by atoms with Crippen LogP contribution >= 0.6 is 0 Å². The molecule has 0 spiro atoms. The van der Waals surface area contributed by atoms with Crippen LogP contribution in [0.25, 0.3) is 12.2 Å². The van der Waals surface area contributed by atoms with Crippen molar-refractivity contribution in [3.8, 4) is 5.75 Å². The van der Waals surface area contributed by atoms with Gasteiger partial charge in [0.15, 0.2) is 0 Å². The van der Waals surface area contributed by atoms with Gasteiger partial charge < -0.3 is 19.5 Å². The van der Waals surface area contributed by atoms with Gasteiger partial charge in [-0.15, -0.1) is 0 Å². The van der Waals surface area contributed by atoms with Crippen LogP contribution in [0.1, 0.15) is 38.3 Å². The van der Waals surface area contributed by atoms with Crippen LogP contribution in [0.3, 0.4) is 0 Å². The van der Waals surface area contributed by atoms with E-state index in [1.165, 1.54) is 5.56 Å². The molecule has 154 valence electrons. The maximum absolute atomic E-state index is 5.68. The molecule has 28 heavy (non-hydrogen) atoms. The average molecular weight is 386 g/mol. The van der Waals surface area contributed by atoms with Gasteiger partial charge in [0, 0.05) is 19.3 Å². The Balaban J connectivity index is 0.00000190. The molecule has 0 aliphatic carbocycles. The Morgan fingerprint density at radius 3 is 1.75 bits per heavy atom. The zero-order valence-electron chi connectivity index (χ0n) is 17.7. The molecule has 0 saturated heterocycles. The first-order valence-electron chi connectivity index (χ1n) is 10.2. The van der Waals surface area contributed by atoms with E-state index >= 15 is 0 Å². The Labute approximate surface area is 170 Å². The number of ether oxygens (including phenoxy) is 3. The first-order chi connectivity index (χ1) is 13.8. The van der Waals surface area contributed by atoms with Crippen molar-refractivity contribution in [2.75, 3.05) is 45.4 Å². The van der Waals surface area contributed by atoms with Crippen molar-refractivity contribution in [2.24, 2.45) is 0 Å². The lowest BCUT2D eigenvalue weighted by Crippen LogP contribution is -2.11. The first-order valence-corrected chi connectivity index (χ1v) is 10.2. The molecule has 2 aromatic rings. The van der Waals surface area contributed by atoms with E-state index in [-0.39, 0.29) is 0 Å². The van der Waals surface area contributed by atoms with Gasteiger partial charge in [0.25, 0.3) is 0 Å². The van der Waals surface area contributed by atoms with Gasteiger partial charge in [-0.1, -0.05) is 57.2 Å². The Bertz CT molecular complexity index is 636. The molecule has 0 radical (unpaired) electrons. The summed E-state index contributed by atoms with van der Waals surface area (Å²) in [6.07, 6.45) is 5.23. The van der Waals surface area contributed by atoms with Crippen molar-refractivity contribution in [3.05, 3.63) is 59.7 Å². The zero-order valence-corrected chi connectivity index (χ0v) is 17.7. The van der Waals surface area contributed by atoms with Crippen LogP contribution in [0.4, 0.5) is 5.69 Å². The maximum Gasteiger partial charge on any atom is 0.119 e. The van der Waals surface area contributed by atoms with E-state index in [9.17, 15) is 0 Å². The SMILES string of the molecule is CC.CCCOCCOCCOc1ccc(/C=C/c2ccc(NC)cc2)cc1. The molecule has 0 atom stereocenters. The van der Waals surface area contributed by atoms with Crippen molar-refractivity contribution >= 4 is 17.8 Å². The summed E-state index contributed by atoms with van der Waals surface area (Å²) in [5, 5.41) is 3.12. The molecule has 1 N–H and O–H groups in total. The Kier molecular flexibility index (Phi) is 13.3. The molecule has 4 heteroatoms. The Morgan fingerprint density at radius 2 is 1.21 bits per heavy atom. The second kappa shape index (κ2) is 15.7. The van der Waals surface area contributed by atoms with Crippen LogP contribution in [0.15, 0.2) is 48.5 Å². The molecular formula is C24H35NO3. The summed E-state index contributed by atoms with van der Waals surface area (Å²) < 4.78 is 16.5. The highest BCUT2D eigenvalue weighted by molar-refractivity contribution is 5.70. The Hall–Kier alpha value is -2.30. The minimum absolute atomic E-state index is 0.542. The smallest absolute Gasteiger partial charge is 0.119 e. The van der Waals surface area contributed by atoms with Crippen LogP contribution in [-0.2, 0) is 9.47 Å². The van der Waals surface area contributed by atoms with Gasteiger partial charge in [-0.05, 0) is 41.8 Å². The summed E-state index contributed by atoms with van der Waals surface area (Å²) in [6, 6.07) is 16.4. The second-order valence-corrected chi connectivity index (χ2v) is 5.85. The summed E-state index contributed by atoms with van der Waals surface area (Å²) in [5.74, 6) is 0.853. The van der Waals surface area contributed by atoms with Crippen molar-refractivity contribution in [3.63, 3.8) is 0 Å². The quantitative estimate of drug-likeness (QED) is 0.373. The van der Waals surface area contributed by atoms with E-state index in [2.05, 4.69) is 48.7 Å². The van der Waals surface area contributed by atoms with Crippen molar-refractivity contribution < 1.29 is 14.2 Å². The highest BCUT2D eigenvalue weighted by atomic mass is 16.5. The van der Waals surface area contributed by atoms with Gasteiger partial charge >= 0.3 is 0 Å². The van der Waals surface area contributed by atoms with E-state index in [0.29, 0.717) is 26.4 Å². The molecule has 2 rings (SSSR count). The molecular weight excluding hydrogens is 350 g/mol. The molecule has 0 heterocycles. The van der Waals surface area contributed by atoms with Gasteiger partial charge in [-0.25, -0.2) is 0 Å². The van der Waals surface area contributed by atoms with Gasteiger partial charge in [-0.2, -0.15) is 0 Å². The van der Waals surface area contributed by atoms with Crippen LogP contribution in [0, 0.1) is 0 Å². The monoisotopic (exact) mass is 385 g/mol. The average Bonchev–Trinajstić information content (AvgIpc) is 2.77. The lowest BCUT2D eigenvalue weighted by atomic mass is 10.1. The fraction of sp³-hybridized carbons (Fsp3) is 0.417. The van der Waals surface area contributed by atoms with Crippen LogP contribution in [0.2, 0.25) is 0 Å². The summed E-state index contributed by atoms with van der Waals surface area (Å²) in [7, 11) is 1.92. The normalized spacial score (nSPS) is 10.4. The van der Waals surface area contributed by atoms with E-state index in [1.807, 2.05) is 45.2 Å². The van der Waals surface area contributed by atoms with E-state index in [1.54, 1.807) is 0 Å². The molecule has 0 saturated carbocycles. The number of benzene rings is 2. The number of anilines is 1. The van der Waals surface area contributed by atoms with Gasteiger partial charge in [0.05, 0.1) is 19.8 Å². The van der Waals surface area contributed by atoms with E-state index in [4.69, 9.17) is 14.2 Å². The lowest BCUT2D eigenvalue weighted by molar-refractivity contribution is 0.0366. The fourth-order valence-corrected chi connectivity index (χ4v) is 2.31. The van der Waals surface area contributed by atoms with Crippen molar-refractivity contribution in [1.29, 1.82) is 0 Å². The molecule has 4 nitrogen and oxygen atoms in total. The van der Waals surface area contributed by atoms with E-state index in [0.717, 1.165) is 30.0 Å². The first kappa shape index (κ1) is 23.7. The van der Waals surface area contributed by atoms with Crippen LogP contribution in [-0.4, -0.2) is 40.1 Å². The highest BCUT2D eigenvalue weighted by Crippen LogP contribution is 2.15. The number of nitrogens with one attached hydrogen (secondary N) is 1. The predicted molar refractivity (Wildman–Crippen MR) is 120 cm³/mol. The van der Waals surface area contributed by atoms with E-state index < -0.39 is 0 Å². The molecule has 2 aromatic carbocycles. The fourth-order valence-electron chi connectivity index (χ4n) is 2.31. The minimum atomic E-state index is 0.542. The molecule has 0 bridgehead atoms. The Morgan fingerprint density at radius 1 is 0.714 bits per heavy atom. The minimum Gasteiger partial charge on any atom is -0.491 e. The molecule has 0 aliphatic rings. The van der Waals surface area contributed by atoms with Crippen molar-refractivity contribution in [2.45, 2.75) is 27.2 Å². The highest BCUT2D eigenvalue weighted by Gasteiger charge is 1.95. The number of rotatable bonds is 12. The third-order valence-corrected chi connectivity index (χ3v) is 3.76. The molecule has 0 fully saturated rings. The summed E-state index contributed by atoms with van der Waals surface area (Å²) in [5.41, 5.74) is 3.42. The summed E-state index contributed by atoms with van der Waals surface area (Å²) in [6.45, 7) is 9.26. The number of hydrogen-bond donors (Lipinski definition) is 1. The predicted octanol–water partition coefficient (Wildman–Crippen LogP) is 5.75. The molecule has 0 aromatic heterocycles. The molecule has 0 aliphatic heterocycles. The lowest BCUT2D eigenvalue weighted by Gasteiger charge is -2.07. The topological polar surface area (TPSA) is 39.7 Å². The third kappa shape index (κ3) is 10.1. The van der Waals surface area contributed by atoms with Crippen LogP contribution in [0.5, 0.6) is 5.75 Å². The third-order valence-electron chi connectivity index (χ3n) is 3.76. The van der Waals surface area contributed by atoms with Gasteiger partial charge in [0.2, 0.25) is 0 Å². The second-order valence-electron chi connectivity index (χ2n) is 5.85. The zero-order chi connectivity index (χ0) is 20.5. The summed E-state index contributed by atoms with van der Waals surface area (Å²) >= 11 is 0. The standard InChI is InChI=1S/C22H29NO3.C2H6/c1-3-14-24-15-16-25-17-18-26-22-12-8-20(9-13-22)5-4-19-6-10-21(23-2)11-7-19;1-2/h4-13,23H,3,14-18H2,1-2H3;1-2H3/b5-4+;. The number of hydrogen-bond acceptors (Lipinski definition) is 4. The largest absolute Gasteiger partial charge is 0.491 e. The van der Waals surface area contributed by atoms with Crippen LogP contribution < -0.4 is 10.1 Å². The van der Waals surface area contributed by atoms with Crippen molar-refractivity contribution in [1.82, 2.24) is 0 Å². The summed E-state index contributed by atoms with van der Waals surface area (Å²) in [4.78, 5) is 0. The molecule has 0 amide bonds. The molecule has 0 unspecified atom stereocenters. The maximum atomic E-state index is 5.68.